The van der Waals surface area contributed by atoms with Crippen LogP contribution in [0.1, 0.15) is 89.8 Å². The highest BCUT2D eigenvalue weighted by molar-refractivity contribution is 7.55. The molecule has 0 unspecified atom stereocenters. The van der Waals surface area contributed by atoms with Gasteiger partial charge in [0.25, 0.3) is 0 Å². The third-order valence-corrected chi connectivity index (χ3v) is 14.4. The number of piperidine rings is 1. The van der Waals surface area contributed by atoms with Crippen molar-refractivity contribution in [1.82, 2.24) is 36.8 Å². The quantitative estimate of drug-likeness (QED) is 0.0378. The SMILES string of the molecule is COP(=O)(OC)C1(NC(=O)OCc2ccccc2)CCN(C(=O)[C@@H](CCCCNC(=O)OC(C)(C)C)NC(=O)[C@@H](CC(C)C)NC(=O)[C@@H](Cc2ccccc2)NC(=O)[C@@H](Cc2ccccc2)NC(=O)O)CC1. The molecule has 0 aliphatic carbocycles. The molecule has 4 atom stereocenters. The van der Waals surface area contributed by atoms with Crippen LogP contribution >= 0.6 is 7.60 Å². The second-order valence-corrected chi connectivity index (χ2v) is 21.6. The van der Waals surface area contributed by atoms with Crippen LogP contribution in [0, 0.1) is 5.92 Å². The summed E-state index contributed by atoms with van der Waals surface area (Å²) in [4.78, 5) is 96.2. The normalized spacial score (nSPS) is 15.1. The number of benzene rings is 3. The van der Waals surface area contributed by atoms with Crippen LogP contribution < -0.4 is 31.9 Å². The molecule has 1 aliphatic heterocycles. The highest BCUT2D eigenvalue weighted by Crippen LogP contribution is 2.61. The number of likely N-dealkylation sites (tertiary alicyclic amines) is 1. The monoisotopic (exact) mass is 1020 g/mol. The Morgan fingerprint density at radius 2 is 1.14 bits per heavy atom. The van der Waals surface area contributed by atoms with Gasteiger partial charge in [0, 0.05) is 46.7 Å². The molecule has 7 N–H and O–H groups in total. The van der Waals surface area contributed by atoms with E-state index in [2.05, 4.69) is 31.9 Å². The molecule has 0 saturated carbocycles. The first-order valence-electron chi connectivity index (χ1n) is 24.1. The molecule has 0 bridgehead atoms. The van der Waals surface area contributed by atoms with E-state index in [0.717, 1.165) is 5.56 Å². The summed E-state index contributed by atoms with van der Waals surface area (Å²) >= 11 is 0. The van der Waals surface area contributed by atoms with Gasteiger partial charge >= 0.3 is 25.9 Å². The molecule has 3 aromatic carbocycles. The number of carbonyl (C=O) groups excluding carboxylic acids is 6. The van der Waals surface area contributed by atoms with Gasteiger partial charge in [-0.1, -0.05) is 105 Å². The second-order valence-electron chi connectivity index (χ2n) is 19.0. The topological polar surface area (TPSA) is 269 Å². The van der Waals surface area contributed by atoms with E-state index in [1.165, 1.54) is 19.1 Å². The Labute approximate surface area is 421 Å². The number of nitrogens with zero attached hydrogens (tertiary/aromatic N) is 1. The summed E-state index contributed by atoms with van der Waals surface area (Å²) in [7, 11) is -1.65. The number of rotatable bonds is 25. The molecule has 1 fully saturated rings. The van der Waals surface area contributed by atoms with Crippen LogP contribution in [0.4, 0.5) is 14.4 Å². The van der Waals surface area contributed by atoms with Gasteiger partial charge in [-0.25, -0.2) is 14.4 Å². The number of nitrogens with one attached hydrogen (secondary N) is 6. The van der Waals surface area contributed by atoms with Crippen LogP contribution in [-0.4, -0.2) is 121 Å². The number of carbonyl (C=O) groups is 7. The van der Waals surface area contributed by atoms with Crippen LogP contribution in [0.25, 0.3) is 0 Å². The molecule has 0 spiro atoms. The maximum Gasteiger partial charge on any atom is 0.408 e. The smallest absolute Gasteiger partial charge is 0.408 e. The van der Waals surface area contributed by atoms with Gasteiger partial charge < -0.3 is 60.4 Å². The highest BCUT2D eigenvalue weighted by atomic mass is 31.2. The first-order chi connectivity index (χ1) is 34.2. The van der Waals surface area contributed by atoms with E-state index in [0.29, 0.717) is 24.0 Å². The number of hydrogen-bond donors (Lipinski definition) is 7. The average Bonchev–Trinajstić information content (AvgIpc) is 3.34. The van der Waals surface area contributed by atoms with Crippen molar-refractivity contribution < 1.29 is 61.8 Å². The second kappa shape index (κ2) is 27.9. The number of alkyl carbamates (subject to hydrolysis) is 2. The summed E-state index contributed by atoms with van der Waals surface area (Å²) in [6, 6.07) is 21.7. The molecular formula is C51H72N7O13P. The molecule has 21 heteroatoms. The van der Waals surface area contributed by atoms with Crippen molar-refractivity contribution in [3.63, 3.8) is 0 Å². The highest BCUT2D eigenvalue weighted by Gasteiger charge is 2.54. The van der Waals surface area contributed by atoms with Crippen LogP contribution in [-0.2, 0) is 61.7 Å². The summed E-state index contributed by atoms with van der Waals surface area (Å²) in [5, 5.41) is 24.1. The van der Waals surface area contributed by atoms with Gasteiger partial charge in [-0.15, -0.1) is 0 Å². The van der Waals surface area contributed by atoms with Gasteiger partial charge in [-0.3, -0.25) is 23.7 Å². The predicted molar refractivity (Wildman–Crippen MR) is 269 cm³/mol. The lowest BCUT2D eigenvalue weighted by molar-refractivity contribution is -0.139. The first kappa shape index (κ1) is 58.1. The van der Waals surface area contributed by atoms with Crippen LogP contribution in [0.2, 0.25) is 0 Å². The third-order valence-electron chi connectivity index (χ3n) is 11.8. The zero-order valence-electron chi connectivity index (χ0n) is 42.3. The minimum Gasteiger partial charge on any atom is -0.465 e. The number of hydrogen-bond acceptors (Lipinski definition) is 12. The summed E-state index contributed by atoms with van der Waals surface area (Å²) < 4.78 is 35.7. The van der Waals surface area contributed by atoms with Gasteiger partial charge in [0.15, 0.2) is 0 Å². The van der Waals surface area contributed by atoms with Gasteiger partial charge in [0.05, 0.1) is 0 Å². The molecular weight excluding hydrogens is 950 g/mol. The van der Waals surface area contributed by atoms with E-state index < -0.39 is 84.6 Å². The summed E-state index contributed by atoms with van der Waals surface area (Å²) in [5.41, 5.74) is 1.37. The lowest BCUT2D eigenvalue weighted by Crippen LogP contribution is -2.60. The summed E-state index contributed by atoms with van der Waals surface area (Å²) in [6.45, 7) is 8.98. The molecule has 394 valence electrons. The zero-order chi connectivity index (χ0) is 52.9. The lowest BCUT2D eigenvalue weighted by Gasteiger charge is -2.44. The Balaban J connectivity index is 1.57. The Bertz CT molecular complexity index is 2290. The maximum atomic E-state index is 14.6. The van der Waals surface area contributed by atoms with Gasteiger partial charge in [-0.05, 0) is 81.9 Å². The number of unbranched alkanes of at least 4 members (excludes halogenated alkanes) is 1. The minimum absolute atomic E-state index is 0.00258. The van der Waals surface area contributed by atoms with Crippen LogP contribution in [0.5, 0.6) is 0 Å². The minimum atomic E-state index is -4.06. The standard InChI is InChI=1S/C51H72N7O13P/c1-35(2)31-40(54-44(60)41(32-36-19-11-8-12-20-36)55-45(61)42(56-47(63)64)33-37-21-13-9-14-22-37)43(59)53-39(25-17-18-28-52-48(65)71-50(3,4)5)46(62)58-29-26-51(27-30-58,72(67,68-6)69-7)57-49(66)70-34-38-23-15-10-16-24-38/h8-16,19-24,35,39-42,56H,17-18,25-34H2,1-7H3,(H,52,65)(H,53,59)(H,54,60)(H,55,61)(H,57,66)(H,63,64)/t39-,40-,41-,42-/m1/s1. The molecule has 20 nitrogen and oxygen atoms in total. The number of amides is 7. The molecule has 1 saturated heterocycles. The summed E-state index contributed by atoms with van der Waals surface area (Å²) in [5.74, 6) is -2.80. The molecule has 1 aliphatic rings. The van der Waals surface area contributed by atoms with Crippen molar-refractivity contribution in [3.8, 4) is 0 Å². The maximum absolute atomic E-state index is 14.6. The van der Waals surface area contributed by atoms with Crippen molar-refractivity contribution in [2.45, 2.75) is 128 Å². The van der Waals surface area contributed by atoms with E-state index in [9.17, 15) is 43.2 Å². The molecule has 72 heavy (non-hydrogen) atoms. The number of carboxylic acid groups (broad SMARTS) is 1. The van der Waals surface area contributed by atoms with Crippen LogP contribution in [0.15, 0.2) is 91.0 Å². The van der Waals surface area contributed by atoms with Gasteiger partial charge in [0.1, 0.15) is 41.7 Å². The summed E-state index contributed by atoms with van der Waals surface area (Å²) in [6.07, 6.45) is -2.09. The fourth-order valence-corrected chi connectivity index (χ4v) is 10.0. The van der Waals surface area contributed by atoms with Gasteiger partial charge in [-0.2, -0.15) is 0 Å². The predicted octanol–water partition coefficient (Wildman–Crippen LogP) is 6.03. The molecule has 3 aromatic rings. The Kier molecular flexibility index (Phi) is 22.5. The van der Waals surface area contributed by atoms with E-state index >= 15 is 0 Å². The number of ether oxygens (including phenoxy) is 2. The van der Waals surface area contributed by atoms with Crippen molar-refractivity contribution in [3.05, 3.63) is 108 Å². The van der Waals surface area contributed by atoms with Crippen LogP contribution in [0.3, 0.4) is 0 Å². The lowest BCUT2D eigenvalue weighted by atomic mass is 9.99. The average molecular weight is 1020 g/mol. The Hall–Kier alpha value is -6.50. The van der Waals surface area contributed by atoms with Crippen molar-refractivity contribution in [2.75, 3.05) is 33.9 Å². The van der Waals surface area contributed by atoms with E-state index in [1.807, 2.05) is 19.9 Å². The molecule has 1 heterocycles. The van der Waals surface area contributed by atoms with Gasteiger partial charge in [0.2, 0.25) is 23.6 Å². The van der Waals surface area contributed by atoms with E-state index in [4.69, 9.17) is 18.5 Å². The molecule has 4 rings (SSSR count). The molecule has 7 amide bonds. The fraction of sp³-hybridized carbons (Fsp3) is 0.510. The Morgan fingerprint density at radius 3 is 1.62 bits per heavy atom. The largest absolute Gasteiger partial charge is 0.465 e. The third kappa shape index (κ3) is 18.6. The molecule has 0 aromatic heterocycles. The van der Waals surface area contributed by atoms with E-state index in [1.54, 1.807) is 106 Å². The van der Waals surface area contributed by atoms with E-state index in [-0.39, 0.29) is 70.7 Å². The van der Waals surface area contributed by atoms with Crippen molar-refractivity contribution in [2.24, 2.45) is 5.92 Å². The van der Waals surface area contributed by atoms with Crippen molar-refractivity contribution in [1.29, 1.82) is 0 Å². The molecule has 0 radical (unpaired) electrons. The van der Waals surface area contributed by atoms with Crippen molar-refractivity contribution >= 4 is 49.5 Å². The first-order valence-corrected chi connectivity index (χ1v) is 25.6. The Morgan fingerprint density at radius 1 is 0.667 bits per heavy atom. The zero-order valence-corrected chi connectivity index (χ0v) is 43.2. The fourth-order valence-electron chi connectivity index (χ4n) is 8.18.